The summed E-state index contributed by atoms with van der Waals surface area (Å²) < 4.78 is 76.3. The second-order valence-corrected chi connectivity index (χ2v) is 13.6. The number of aryl methyl sites for hydroxylation is 2. The molecule has 230 valence electrons. The molecule has 3 aromatic rings. The molecule has 1 amide bonds. The zero-order valence-corrected chi connectivity index (χ0v) is 25.5. The number of pyridine rings is 1. The van der Waals surface area contributed by atoms with E-state index in [-0.39, 0.29) is 33.9 Å². The summed E-state index contributed by atoms with van der Waals surface area (Å²) in [5.41, 5.74) is -2.11. The van der Waals surface area contributed by atoms with E-state index in [0.717, 1.165) is 20.3 Å². The van der Waals surface area contributed by atoms with E-state index >= 15 is 0 Å². The van der Waals surface area contributed by atoms with Gasteiger partial charge in [-0.2, -0.15) is 18.3 Å². The number of hydrogen-bond donors (Lipinski definition) is 1. The Hall–Kier alpha value is -3.62. The van der Waals surface area contributed by atoms with Gasteiger partial charge in [0.1, 0.15) is 17.3 Å². The van der Waals surface area contributed by atoms with Crippen molar-refractivity contribution in [1.82, 2.24) is 29.3 Å². The van der Waals surface area contributed by atoms with Crippen LogP contribution in [0.15, 0.2) is 35.5 Å². The highest BCUT2D eigenvalue weighted by Crippen LogP contribution is 2.39. The molecule has 1 atom stereocenters. The summed E-state index contributed by atoms with van der Waals surface area (Å²) in [7, 11) is -2.64. The van der Waals surface area contributed by atoms with Gasteiger partial charge in [0.2, 0.25) is 5.88 Å². The molecule has 3 aromatic heterocycles. The zero-order chi connectivity index (χ0) is 31.3. The molecule has 0 bridgehead atoms. The lowest BCUT2D eigenvalue weighted by molar-refractivity contribution is -0.219. The van der Waals surface area contributed by atoms with Gasteiger partial charge < -0.3 is 9.64 Å². The van der Waals surface area contributed by atoms with Gasteiger partial charge in [-0.3, -0.25) is 9.48 Å². The molecule has 11 nitrogen and oxygen atoms in total. The van der Waals surface area contributed by atoms with Gasteiger partial charge in [0.05, 0.1) is 16.7 Å². The average Bonchev–Trinajstić information content (AvgIpc) is 3.57. The van der Waals surface area contributed by atoms with E-state index in [1.54, 1.807) is 14.0 Å². The van der Waals surface area contributed by atoms with Gasteiger partial charge in [-0.1, -0.05) is 13.8 Å². The number of nitrogens with zero attached hydrogens (tertiary/aromatic N) is 6. The quantitative estimate of drug-likeness (QED) is 0.381. The predicted molar refractivity (Wildman–Crippen MR) is 149 cm³/mol. The third kappa shape index (κ3) is 6.25. The number of ether oxygens (including phenoxy) is 1. The van der Waals surface area contributed by atoms with Crippen molar-refractivity contribution >= 4 is 21.7 Å². The molecule has 0 radical (unpaired) electrons. The number of alkyl halides is 3. The highest BCUT2D eigenvalue weighted by molar-refractivity contribution is 7.90. The molecule has 0 aromatic carbocycles. The first-order valence-corrected chi connectivity index (χ1v) is 15.0. The standard InChI is InChI=1S/C27H36F3N7O4S/c1-8-19-20(15-35(7)32-19)42(39,40)34-24(38)18-9-10-21(31-23(18)36-14-17(2)13-26(36,5)6)37-12-11-22(33-37)41-16-25(3,4)27(28,29)30/h9-12,15,17H,8,13-14,16H2,1-7H3,(H,34,38)/t17-/m0/s1. The summed E-state index contributed by atoms with van der Waals surface area (Å²) in [6, 6.07) is 4.36. The first kappa shape index (κ1) is 31.3. The highest BCUT2D eigenvalue weighted by Gasteiger charge is 2.48. The van der Waals surface area contributed by atoms with E-state index in [2.05, 4.69) is 21.8 Å². The Morgan fingerprint density at radius 2 is 1.88 bits per heavy atom. The summed E-state index contributed by atoms with van der Waals surface area (Å²) in [5.74, 6) is -0.0850. The molecule has 4 rings (SSSR count). The normalized spacial score (nSPS) is 17.5. The van der Waals surface area contributed by atoms with Gasteiger partial charge in [0.15, 0.2) is 5.82 Å². The van der Waals surface area contributed by atoms with Crippen molar-refractivity contribution in [2.75, 3.05) is 18.1 Å². The number of rotatable bonds is 9. The number of hydrogen-bond acceptors (Lipinski definition) is 8. The van der Waals surface area contributed by atoms with Crippen molar-refractivity contribution in [3.63, 3.8) is 0 Å². The number of anilines is 1. The Morgan fingerprint density at radius 1 is 1.19 bits per heavy atom. The number of amides is 1. The second-order valence-electron chi connectivity index (χ2n) is 11.9. The van der Waals surface area contributed by atoms with Crippen molar-refractivity contribution in [3.8, 4) is 11.7 Å². The SMILES string of the molecule is CCc1nn(C)cc1S(=O)(=O)NC(=O)c1ccc(-n2ccc(OCC(C)(C)C(F)(F)F)n2)nc1N1C[C@@H](C)CC1(C)C. The van der Waals surface area contributed by atoms with Crippen molar-refractivity contribution in [1.29, 1.82) is 0 Å². The molecule has 1 fully saturated rings. The van der Waals surface area contributed by atoms with Crippen molar-refractivity contribution < 1.29 is 31.1 Å². The average molecular weight is 612 g/mol. The smallest absolute Gasteiger partial charge is 0.397 e. The maximum Gasteiger partial charge on any atom is 0.397 e. The molecule has 15 heteroatoms. The monoisotopic (exact) mass is 611 g/mol. The van der Waals surface area contributed by atoms with Crippen LogP contribution < -0.4 is 14.4 Å². The molecule has 1 aliphatic rings. The van der Waals surface area contributed by atoms with Crippen LogP contribution in [0.4, 0.5) is 19.0 Å². The molecule has 42 heavy (non-hydrogen) atoms. The summed E-state index contributed by atoms with van der Waals surface area (Å²) in [6.45, 7) is 9.88. The van der Waals surface area contributed by atoms with E-state index in [9.17, 15) is 26.4 Å². The third-order valence-corrected chi connectivity index (χ3v) is 8.67. The molecule has 1 saturated heterocycles. The number of sulfonamides is 1. The molecule has 0 saturated carbocycles. The largest absolute Gasteiger partial charge is 0.476 e. The van der Waals surface area contributed by atoms with Gasteiger partial charge in [0.25, 0.3) is 15.9 Å². The fourth-order valence-electron chi connectivity index (χ4n) is 4.97. The lowest BCUT2D eigenvalue weighted by atomic mass is 9.94. The predicted octanol–water partition coefficient (Wildman–Crippen LogP) is 4.27. The molecular weight excluding hydrogens is 575 g/mol. The lowest BCUT2D eigenvalue weighted by Gasteiger charge is -2.34. The van der Waals surface area contributed by atoms with Crippen LogP contribution in [0.5, 0.6) is 5.88 Å². The van der Waals surface area contributed by atoms with Gasteiger partial charge in [-0.15, -0.1) is 5.10 Å². The van der Waals surface area contributed by atoms with Crippen LogP contribution in [-0.2, 0) is 23.5 Å². The Morgan fingerprint density at radius 3 is 2.48 bits per heavy atom. The van der Waals surface area contributed by atoms with Crippen molar-refractivity contribution in [2.24, 2.45) is 18.4 Å². The Labute approximate surface area is 243 Å². The van der Waals surface area contributed by atoms with Crippen LogP contribution in [0.3, 0.4) is 0 Å². The number of halogens is 3. The van der Waals surface area contributed by atoms with Crippen LogP contribution in [0.2, 0.25) is 0 Å². The fraction of sp³-hybridized carbons (Fsp3) is 0.556. The third-order valence-electron chi connectivity index (χ3n) is 7.30. The van der Waals surface area contributed by atoms with Crippen molar-refractivity contribution in [2.45, 2.75) is 71.0 Å². The van der Waals surface area contributed by atoms with Crippen molar-refractivity contribution in [3.05, 3.63) is 41.9 Å². The summed E-state index contributed by atoms with van der Waals surface area (Å²) >= 11 is 0. The fourth-order valence-corrected chi connectivity index (χ4v) is 6.22. The number of carbonyl (C=O) groups is 1. The van der Waals surface area contributed by atoms with Gasteiger partial charge in [-0.05, 0) is 58.6 Å². The molecule has 0 unspecified atom stereocenters. The number of carbonyl (C=O) groups excluding carboxylic acids is 1. The number of nitrogens with one attached hydrogen (secondary N) is 1. The van der Waals surface area contributed by atoms with E-state index < -0.39 is 39.7 Å². The second kappa shape index (κ2) is 10.9. The van der Waals surface area contributed by atoms with Crippen LogP contribution in [0.25, 0.3) is 5.82 Å². The first-order chi connectivity index (χ1) is 19.3. The van der Waals surface area contributed by atoms with Crippen LogP contribution in [0, 0.1) is 11.3 Å². The van der Waals surface area contributed by atoms with Crippen LogP contribution in [0.1, 0.15) is 64.0 Å². The Balaban J connectivity index is 1.68. The lowest BCUT2D eigenvalue weighted by Crippen LogP contribution is -2.41. The molecule has 0 spiro atoms. The minimum absolute atomic E-state index is 0.0260. The van der Waals surface area contributed by atoms with E-state index in [1.165, 1.54) is 40.0 Å². The Kier molecular flexibility index (Phi) is 8.13. The van der Waals surface area contributed by atoms with Crippen LogP contribution >= 0.6 is 0 Å². The van der Waals surface area contributed by atoms with Crippen LogP contribution in [-0.4, -0.2) is 63.7 Å². The highest BCUT2D eigenvalue weighted by atomic mass is 32.2. The zero-order valence-electron chi connectivity index (χ0n) is 24.7. The van der Waals surface area contributed by atoms with E-state index in [4.69, 9.17) is 9.72 Å². The maximum atomic E-state index is 13.5. The molecule has 0 aliphatic carbocycles. The molecular formula is C27H36F3N7O4S. The summed E-state index contributed by atoms with van der Waals surface area (Å²) in [4.78, 5) is 20.1. The minimum atomic E-state index is -4.45. The van der Waals surface area contributed by atoms with E-state index in [0.29, 0.717) is 18.7 Å². The minimum Gasteiger partial charge on any atom is -0.476 e. The maximum absolute atomic E-state index is 13.5. The number of aromatic nitrogens is 5. The topological polar surface area (TPSA) is 124 Å². The van der Waals surface area contributed by atoms with Gasteiger partial charge >= 0.3 is 6.18 Å². The first-order valence-electron chi connectivity index (χ1n) is 13.5. The van der Waals surface area contributed by atoms with Gasteiger partial charge in [0, 0.05) is 37.6 Å². The molecule has 1 aliphatic heterocycles. The Bertz CT molecular complexity index is 1580. The van der Waals surface area contributed by atoms with E-state index in [1.807, 2.05) is 18.7 Å². The molecule has 1 N–H and O–H groups in total. The molecule has 4 heterocycles. The summed E-state index contributed by atoms with van der Waals surface area (Å²) in [6.07, 6.45) is -0.461. The summed E-state index contributed by atoms with van der Waals surface area (Å²) in [5, 5.41) is 8.38. The van der Waals surface area contributed by atoms with Gasteiger partial charge in [-0.25, -0.2) is 22.8 Å².